The van der Waals surface area contributed by atoms with Gasteiger partial charge in [0.15, 0.2) is 0 Å². The van der Waals surface area contributed by atoms with Gasteiger partial charge in [0.1, 0.15) is 12.2 Å². The molecule has 1 aromatic rings. The summed E-state index contributed by atoms with van der Waals surface area (Å²) in [5.41, 5.74) is 0. The van der Waals surface area contributed by atoms with E-state index in [0.29, 0.717) is 0 Å². The topological polar surface area (TPSA) is 30.7 Å². The van der Waals surface area contributed by atoms with Crippen molar-refractivity contribution in [3.8, 4) is 12.3 Å². The fourth-order valence-corrected chi connectivity index (χ4v) is 0.930. The Kier molecular flexibility index (Phi) is 2.67. The molecule has 0 aliphatic carbocycles. The molecule has 1 aromatic heterocycles. The van der Waals surface area contributed by atoms with Gasteiger partial charge in [0, 0.05) is 19.4 Å². The van der Waals surface area contributed by atoms with Gasteiger partial charge in [0.25, 0.3) is 0 Å². The van der Waals surface area contributed by atoms with Crippen molar-refractivity contribution in [2.24, 2.45) is 0 Å². The van der Waals surface area contributed by atoms with E-state index in [1.54, 1.807) is 6.33 Å². The third kappa shape index (κ3) is 1.81. The van der Waals surface area contributed by atoms with E-state index in [2.05, 4.69) is 16.0 Å². The Morgan fingerprint density at radius 1 is 1.73 bits per heavy atom. The Hall–Kier alpha value is -1.30. The standard InChI is InChI=1S/C8H11N3/c1-3-5-6-8-9-7-10-11(8)4-2/h1,7H,4-6H2,2H3. The van der Waals surface area contributed by atoms with Crippen molar-refractivity contribution in [3.05, 3.63) is 12.2 Å². The van der Waals surface area contributed by atoms with Crippen molar-refractivity contribution in [1.29, 1.82) is 0 Å². The highest BCUT2D eigenvalue weighted by molar-refractivity contribution is 4.92. The van der Waals surface area contributed by atoms with Crippen molar-refractivity contribution >= 4 is 0 Å². The molecule has 1 heterocycles. The third-order valence-electron chi connectivity index (χ3n) is 1.49. The van der Waals surface area contributed by atoms with Gasteiger partial charge in [-0.15, -0.1) is 12.3 Å². The first-order valence-electron chi connectivity index (χ1n) is 3.68. The molecule has 0 atom stereocenters. The first-order valence-corrected chi connectivity index (χ1v) is 3.68. The molecule has 3 heteroatoms. The van der Waals surface area contributed by atoms with Crippen LogP contribution in [-0.4, -0.2) is 14.8 Å². The lowest BCUT2D eigenvalue weighted by Gasteiger charge is -1.98. The predicted molar refractivity (Wildman–Crippen MR) is 42.9 cm³/mol. The van der Waals surface area contributed by atoms with E-state index < -0.39 is 0 Å². The van der Waals surface area contributed by atoms with Crippen LogP contribution < -0.4 is 0 Å². The second-order valence-electron chi connectivity index (χ2n) is 2.20. The molecule has 0 aliphatic rings. The maximum Gasteiger partial charge on any atom is 0.138 e. The van der Waals surface area contributed by atoms with E-state index >= 15 is 0 Å². The lowest BCUT2D eigenvalue weighted by Crippen LogP contribution is -2.02. The zero-order chi connectivity index (χ0) is 8.10. The molecule has 0 fully saturated rings. The van der Waals surface area contributed by atoms with Gasteiger partial charge in [0.2, 0.25) is 0 Å². The van der Waals surface area contributed by atoms with Gasteiger partial charge in [-0.1, -0.05) is 0 Å². The van der Waals surface area contributed by atoms with Crippen molar-refractivity contribution in [2.45, 2.75) is 26.3 Å². The van der Waals surface area contributed by atoms with Crippen LogP contribution >= 0.6 is 0 Å². The van der Waals surface area contributed by atoms with Crippen LogP contribution in [0.2, 0.25) is 0 Å². The number of nitrogens with zero attached hydrogens (tertiary/aromatic N) is 3. The van der Waals surface area contributed by atoms with Gasteiger partial charge in [-0.25, -0.2) is 4.98 Å². The Morgan fingerprint density at radius 3 is 3.18 bits per heavy atom. The fraction of sp³-hybridized carbons (Fsp3) is 0.500. The van der Waals surface area contributed by atoms with Gasteiger partial charge in [0.05, 0.1) is 0 Å². The smallest absolute Gasteiger partial charge is 0.138 e. The van der Waals surface area contributed by atoms with Gasteiger partial charge in [-0.3, -0.25) is 4.68 Å². The highest BCUT2D eigenvalue weighted by atomic mass is 15.3. The molecule has 1 rings (SSSR count). The maximum atomic E-state index is 5.13. The Balaban J connectivity index is 2.62. The van der Waals surface area contributed by atoms with Crippen LogP contribution in [0.3, 0.4) is 0 Å². The number of hydrogen-bond acceptors (Lipinski definition) is 2. The second-order valence-corrected chi connectivity index (χ2v) is 2.20. The fourth-order valence-electron chi connectivity index (χ4n) is 0.930. The van der Waals surface area contributed by atoms with Crippen molar-refractivity contribution in [3.63, 3.8) is 0 Å². The van der Waals surface area contributed by atoms with Gasteiger partial charge < -0.3 is 0 Å². The number of hydrogen-bond donors (Lipinski definition) is 0. The quantitative estimate of drug-likeness (QED) is 0.597. The van der Waals surface area contributed by atoms with Crippen LogP contribution in [0.25, 0.3) is 0 Å². The molecule has 0 unspecified atom stereocenters. The Morgan fingerprint density at radius 2 is 2.55 bits per heavy atom. The van der Waals surface area contributed by atoms with Crippen LogP contribution in [0, 0.1) is 12.3 Å². The minimum atomic E-state index is 0.735. The van der Waals surface area contributed by atoms with Crippen LogP contribution in [0.4, 0.5) is 0 Å². The van der Waals surface area contributed by atoms with E-state index in [0.717, 1.165) is 25.2 Å². The number of aryl methyl sites for hydroxylation is 2. The summed E-state index contributed by atoms with van der Waals surface area (Å²) in [5, 5.41) is 4.02. The Bertz CT molecular complexity index is 257. The van der Waals surface area contributed by atoms with Gasteiger partial charge in [-0.2, -0.15) is 5.10 Å². The maximum absolute atomic E-state index is 5.13. The summed E-state index contributed by atoms with van der Waals surface area (Å²) in [4.78, 5) is 4.08. The molecule has 58 valence electrons. The first kappa shape index (κ1) is 7.80. The molecule has 0 bridgehead atoms. The van der Waals surface area contributed by atoms with Crippen LogP contribution in [0.5, 0.6) is 0 Å². The monoisotopic (exact) mass is 149 g/mol. The van der Waals surface area contributed by atoms with Crippen molar-refractivity contribution in [1.82, 2.24) is 14.8 Å². The Labute approximate surface area is 66.4 Å². The summed E-state index contributed by atoms with van der Waals surface area (Å²) >= 11 is 0. The third-order valence-corrected chi connectivity index (χ3v) is 1.49. The van der Waals surface area contributed by atoms with Crippen molar-refractivity contribution in [2.75, 3.05) is 0 Å². The zero-order valence-electron chi connectivity index (χ0n) is 6.62. The molecular formula is C8H11N3. The molecule has 0 radical (unpaired) electrons. The van der Waals surface area contributed by atoms with E-state index in [1.807, 2.05) is 11.6 Å². The van der Waals surface area contributed by atoms with Crippen molar-refractivity contribution < 1.29 is 0 Å². The van der Waals surface area contributed by atoms with E-state index in [4.69, 9.17) is 6.42 Å². The van der Waals surface area contributed by atoms with E-state index in [1.165, 1.54) is 0 Å². The molecule has 3 nitrogen and oxygen atoms in total. The molecule has 0 saturated heterocycles. The van der Waals surface area contributed by atoms with E-state index in [-0.39, 0.29) is 0 Å². The largest absolute Gasteiger partial charge is 0.250 e. The molecule has 0 N–H and O–H groups in total. The number of aromatic nitrogens is 3. The summed E-state index contributed by atoms with van der Waals surface area (Å²) in [6, 6.07) is 0. The summed E-state index contributed by atoms with van der Waals surface area (Å²) in [5.74, 6) is 3.55. The van der Waals surface area contributed by atoms with E-state index in [9.17, 15) is 0 Å². The molecule has 0 saturated carbocycles. The lowest BCUT2D eigenvalue weighted by molar-refractivity contribution is 0.615. The highest BCUT2D eigenvalue weighted by Gasteiger charge is 1.99. The molecule has 0 aromatic carbocycles. The number of terminal acetylenes is 1. The summed E-state index contributed by atoms with van der Waals surface area (Å²) in [6.45, 7) is 2.90. The lowest BCUT2D eigenvalue weighted by atomic mass is 10.3. The SMILES string of the molecule is C#CCCc1ncnn1CC. The summed E-state index contributed by atoms with van der Waals surface area (Å²) in [7, 11) is 0. The zero-order valence-corrected chi connectivity index (χ0v) is 6.62. The first-order chi connectivity index (χ1) is 5.38. The average Bonchev–Trinajstić information content (AvgIpc) is 2.47. The van der Waals surface area contributed by atoms with Crippen LogP contribution in [0.1, 0.15) is 19.2 Å². The summed E-state index contributed by atoms with van der Waals surface area (Å²) in [6.07, 6.45) is 8.25. The van der Waals surface area contributed by atoms with Gasteiger partial charge in [-0.05, 0) is 6.92 Å². The predicted octanol–water partition coefficient (Wildman–Crippen LogP) is 0.864. The second kappa shape index (κ2) is 3.77. The number of rotatable bonds is 3. The average molecular weight is 149 g/mol. The van der Waals surface area contributed by atoms with Gasteiger partial charge >= 0.3 is 0 Å². The molecule has 11 heavy (non-hydrogen) atoms. The van der Waals surface area contributed by atoms with Crippen LogP contribution in [-0.2, 0) is 13.0 Å². The highest BCUT2D eigenvalue weighted by Crippen LogP contribution is 1.96. The molecule has 0 aliphatic heterocycles. The minimum Gasteiger partial charge on any atom is -0.250 e. The summed E-state index contributed by atoms with van der Waals surface area (Å²) < 4.78 is 1.86. The minimum absolute atomic E-state index is 0.735. The molecule has 0 spiro atoms. The molecular weight excluding hydrogens is 138 g/mol. The van der Waals surface area contributed by atoms with Crippen LogP contribution in [0.15, 0.2) is 6.33 Å². The normalized spacial score (nSPS) is 9.45. The molecule has 0 amide bonds.